The second-order valence-electron chi connectivity index (χ2n) is 6.92. The molecule has 2 N–H and O–H groups in total. The van der Waals surface area contributed by atoms with Crippen LogP contribution in [-0.2, 0) is 0 Å². The molecule has 0 aliphatic carbocycles. The number of ether oxygens (including phenoxy) is 3. The van der Waals surface area contributed by atoms with Crippen molar-refractivity contribution < 1.29 is 19.0 Å². The maximum atomic E-state index is 12.3. The third-order valence-electron chi connectivity index (χ3n) is 5.16. The van der Waals surface area contributed by atoms with E-state index in [1.807, 2.05) is 18.2 Å². The first-order chi connectivity index (χ1) is 14.7. The number of hydrogen-bond acceptors (Lipinski definition) is 6. The molecule has 0 saturated carbocycles. The van der Waals surface area contributed by atoms with Gasteiger partial charge >= 0.3 is 6.03 Å². The van der Waals surface area contributed by atoms with Crippen molar-refractivity contribution in [3.8, 4) is 17.2 Å². The average Bonchev–Trinajstić information content (AvgIpc) is 2.79. The van der Waals surface area contributed by atoms with Crippen molar-refractivity contribution in [1.82, 2.24) is 10.2 Å². The van der Waals surface area contributed by atoms with Crippen molar-refractivity contribution in [2.75, 3.05) is 70.8 Å². The Morgan fingerprint density at radius 3 is 2.30 bits per heavy atom. The van der Waals surface area contributed by atoms with E-state index in [0.717, 1.165) is 44.2 Å². The SMILES string of the molecule is COc1ccccc1N1CCN(CCNC(=O)Nc2cccc(OC)c2OC)CC1. The lowest BCUT2D eigenvalue weighted by molar-refractivity contribution is 0.240. The molecule has 0 spiro atoms. The topological polar surface area (TPSA) is 75.3 Å². The fraction of sp³-hybridized carbons (Fsp3) is 0.409. The summed E-state index contributed by atoms with van der Waals surface area (Å²) in [5, 5.41) is 5.73. The van der Waals surface area contributed by atoms with E-state index in [9.17, 15) is 4.79 Å². The summed E-state index contributed by atoms with van der Waals surface area (Å²) in [5.74, 6) is 1.98. The van der Waals surface area contributed by atoms with Crippen LogP contribution >= 0.6 is 0 Å². The first-order valence-corrected chi connectivity index (χ1v) is 10.0. The predicted octanol–water partition coefficient (Wildman–Crippen LogP) is 2.66. The molecule has 2 aromatic rings. The Bertz CT molecular complexity index is 838. The minimum atomic E-state index is -0.269. The predicted molar refractivity (Wildman–Crippen MR) is 118 cm³/mol. The summed E-state index contributed by atoms with van der Waals surface area (Å²) in [5.41, 5.74) is 1.70. The number of rotatable bonds is 8. The molecule has 30 heavy (non-hydrogen) atoms. The van der Waals surface area contributed by atoms with Crippen LogP contribution in [0.5, 0.6) is 17.2 Å². The Morgan fingerprint density at radius 1 is 0.900 bits per heavy atom. The molecule has 2 amide bonds. The zero-order valence-electron chi connectivity index (χ0n) is 17.8. The first kappa shape index (κ1) is 21.6. The van der Waals surface area contributed by atoms with Gasteiger partial charge in [0.15, 0.2) is 11.5 Å². The van der Waals surface area contributed by atoms with Crippen LogP contribution in [0.4, 0.5) is 16.2 Å². The van der Waals surface area contributed by atoms with Gasteiger partial charge in [-0.15, -0.1) is 0 Å². The number of benzene rings is 2. The summed E-state index contributed by atoms with van der Waals surface area (Å²) in [7, 11) is 4.81. The van der Waals surface area contributed by atoms with Crippen LogP contribution in [0.25, 0.3) is 0 Å². The zero-order chi connectivity index (χ0) is 21.3. The second-order valence-corrected chi connectivity index (χ2v) is 6.92. The first-order valence-electron chi connectivity index (χ1n) is 10.0. The van der Waals surface area contributed by atoms with Crippen molar-refractivity contribution in [1.29, 1.82) is 0 Å². The van der Waals surface area contributed by atoms with Crippen LogP contribution in [0.3, 0.4) is 0 Å². The Labute approximate surface area is 177 Å². The summed E-state index contributed by atoms with van der Waals surface area (Å²) in [6.07, 6.45) is 0. The number of amides is 2. The summed E-state index contributed by atoms with van der Waals surface area (Å²) in [6.45, 7) is 5.08. The van der Waals surface area contributed by atoms with Gasteiger partial charge in [0.25, 0.3) is 0 Å². The number of urea groups is 1. The smallest absolute Gasteiger partial charge is 0.319 e. The molecule has 1 heterocycles. The van der Waals surface area contributed by atoms with Crippen molar-refractivity contribution >= 4 is 17.4 Å². The lowest BCUT2D eigenvalue weighted by Gasteiger charge is -2.36. The molecule has 0 atom stereocenters. The fourth-order valence-corrected chi connectivity index (χ4v) is 3.58. The molecular formula is C22H30N4O4. The number of anilines is 2. The van der Waals surface area contributed by atoms with Gasteiger partial charge in [-0.2, -0.15) is 0 Å². The third kappa shape index (κ3) is 5.27. The molecule has 162 valence electrons. The lowest BCUT2D eigenvalue weighted by Crippen LogP contribution is -2.48. The van der Waals surface area contributed by atoms with Crippen molar-refractivity contribution in [3.05, 3.63) is 42.5 Å². The number of carbonyl (C=O) groups excluding carboxylic acids is 1. The Balaban J connectivity index is 1.43. The van der Waals surface area contributed by atoms with Gasteiger partial charge in [0.2, 0.25) is 0 Å². The van der Waals surface area contributed by atoms with E-state index in [0.29, 0.717) is 23.7 Å². The molecule has 0 unspecified atom stereocenters. The van der Waals surface area contributed by atoms with Gasteiger partial charge in [-0.3, -0.25) is 4.90 Å². The van der Waals surface area contributed by atoms with Crippen LogP contribution in [-0.4, -0.2) is 71.5 Å². The Hall–Kier alpha value is -3.13. The second kappa shape index (κ2) is 10.6. The number of piperazine rings is 1. The molecule has 3 rings (SSSR count). The van der Waals surface area contributed by atoms with Crippen LogP contribution < -0.4 is 29.7 Å². The average molecular weight is 415 g/mol. The highest BCUT2D eigenvalue weighted by molar-refractivity contribution is 5.91. The van der Waals surface area contributed by atoms with E-state index in [1.165, 1.54) is 0 Å². The van der Waals surface area contributed by atoms with Gasteiger partial charge in [0.05, 0.1) is 32.7 Å². The number of hydrogen-bond donors (Lipinski definition) is 2. The van der Waals surface area contributed by atoms with Crippen LogP contribution in [0.2, 0.25) is 0 Å². The molecular weight excluding hydrogens is 384 g/mol. The molecule has 1 saturated heterocycles. The largest absolute Gasteiger partial charge is 0.495 e. The maximum Gasteiger partial charge on any atom is 0.319 e. The van der Waals surface area contributed by atoms with Crippen LogP contribution in [0.1, 0.15) is 0 Å². The number of nitrogens with zero attached hydrogens (tertiary/aromatic N) is 2. The monoisotopic (exact) mass is 414 g/mol. The number of nitrogens with one attached hydrogen (secondary N) is 2. The number of para-hydroxylation sites is 3. The zero-order valence-corrected chi connectivity index (χ0v) is 17.8. The van der Waals surface area contributed by atoms with Crippen molar-refractivity contribution in [2.24, 2.45) is 0 Å². The molecule has 8 nitrogen and oxygen atoms in total. The number of methoxy groups -OCH3 is 3. The van der Waals surface area contributed by atoms with E-state index >= 15 is 0 Å². The highest BCUT2D eigenvalue weighted by atomic mass is 16.5. The Morgan fingerprint density at radius 2 is 1.60 bits per heavy atom. The highest BCUT2D eigenvalue weighted by Gasteiger charge is 2.19. The molecule has 8 heteroatoms. The van der Waals surface area contributed by atoms with E-state index in [4.69, 9.17) is 14.2 Å². The molecule has 1 aliphatic heterocycles. The Kier molecular flexibility index (Phi) is 7.62. The lowest BCUT2D eigenvalue weighted by atomic mass is 10.2. The third-order valence-corrected chi connectivity index (χ3v) is 5.16. The fourth-order valence-electron chi connectivity index (χ4n) is 3.58. The molecule has 2 aromatic carbocycles. The van der Waals surface area contributed by atoms with Gasteiger partial charge in [-0.1, -0.05) is 18.2 Å². The summed E-state index contributed by atoms with van der Waals surface area (Å²) < 4.78 is 16.1. The highest BCUT2D eigenvalue weighted by Crippen LogP contribution is 2.34. The van der Waals surface area contributed by atoms with Gasteiger partial charge in [-0.25, -0.2) is 4.79 Å². The molecule has 0 bridgehead atoms. The molecule has 1 fully saturated rings. The van der Waals surface area contributed by atoms with Gasteiger partial charge < -0.3 is 29.7 Å². The molecule has 0 radical (unpaired) electrons. The van der Waals surface area contributed by atoms with Crippen LogP contribution in [0, 0.1) is 0 Å². The standard InChI is InChI=1S/C22H30N4O4/c1-28-19-9-5-4-8-18(19)26-15-13-25(14-16-26)12-11-23-22(27)24-17-7-6-10-20(29-2)21(17)30-3/h4-10H,11-16H2,1-3H3,(H2,23,24,27). The van der Waals surface area contributed by atoms with Gasteiger partial charge in [0, 0.05) is 39.3 Å². The van der Waals surface area contributed by atoms with E-state index in [-0.39, 0.29) is 6.03 Å². The van der Waals surface area contributed by atoms with Gasteiger partial charge in [-0.05, 0) is 24.3 Å². The van der Waals surface area contributed by atoms with E-state index in [1.54, 1.807) is 39.5 Å². The normalized spacial score (nSPS) is 14.2. The van der Waals surface area contributed by atoms with Crippen molar-refractivity contribution in [3.63, 3.8) is 0 Å². The summed E-state index contributed by atoms with van der Waals surface area (Å²) in [6, 6.07) is 13.2. The number of carbonyl (C=O) groups is 1. The van der Waals surface area contributed by atoms with Crippen molar-refractivity contribution in [2.45, 2.75) is 0 Å². The molecule has 1 aliphatic rings. The summed E-state index contributed by atoms with van der Waals surface area (Å²) >= 11 is 0. The minimum absolute atomic E-state index is 0.269. The maximum absolute atomic E-state index is 12.3. The summed E-state index contributed by atoms with van der Waals surface area (Å²) in [4.78, 5) is 17.0. The van der Waals surface area contributed by atoms with E-state index in [2.05, 4.69) is 26.5 Å². The quantitative estimate of drug-likeness (QED) is 0.692. The molecule has 0 aromatic heterocycles. The van der Waals surface area contributed by atoms with E-state index < -0.39 is 0 Å². The minimum Gasteiger partial charge on any atom is -0.495 e. The van der Waals surface area contributed by atoms with Gasteiger partial charge in [0.1, 0.15) is 5.75 Å². The van der Waals surface area contributed by atoms with Crippen LogP contribution in [0.15, 0.2) is 42.5 Å².